The second kappa shape index (κ2) is 4.93. The summed E-state index contributed by atoms with van der Waals surface area (Å²) in [6.07, 6.45) is 9.21. The van der Waals surface area contributed by atoms with Crippen molar-refractivity contribution in [2.75, 3.05) is 6.61 Å². The molecule has 0 radical (unpaired) electrons. The van der Waals surface area contributed by atoms with Gasteiger partial charge in [-0.1, -0.05) is 0 Å². The first kappa shape index (κ1) is 10.2. The van der Waals surface area contributed by atoms with Crippen LogP contribution >= 0.6 is 0 Å². The predicted octanol–water partition coefficient (Wildman–Crippen LogP) is 1.58. The lowest BCUT2D eigenvalue weighted by Crippen LogP contribution is -2.18. The number of hydrogen-bond donors (Lipinski definition) is 1. The molecule has 2 rings (SSSR count). The summed E-state index contributed by atoms with van der Waals surface area (Å²) in [4.78, 5) is 0. The van der Waals surface area contributed by atoms with Gasteiger partial charge in [-0.25, -0.2) is 4.68 Å². The molecule has 1 fully saturated rings. The average molecular weight is 209 g/mol. The average Bonchev–Trinajstić information content (AvgIpc) is 2.76. The second-order valence-electron chi connectivity index (χ2n) is 3.65. The maximum Gasteiger partial charge on any atom is 0.150 e. The fraction of sp³-hybridized carbons (Fsp3) is 0.600. The van der Waals surface area contributed by atoms with Crippen LogP contribution in [0.1, 0.15) is 31.1 Å². The van der Waals surface area contributed by atoms with Gasteiger partial charge in [0.15, 0.2) is 0 Å². The van der Waals surface area contributed by atoms with Gasteiger partial charge < -0.3 is 9.94 Å². The third-order valence-corrected chi connectivity index (χ3v) is 2.51. The highest BCUT2D eigenvalue weighted by atomic mass is 16.5. The number of nitrogens with zero attached hydrogens (tertiary/aromatic N) is 3. The maximum atomic E-state index is 8.30. The highest BCUT2D eigenvalue weighted by Crippen LogP contribution is 2.21. The predicted molar refractivity (Wildman–Crippen MR) is 55.0 cm³/mol. The normalized spacial score (nSPS) is 22.3. The fourth-order valence-electron chi connectivity index (χ4n) is 1.72. The third-order valence-electron chi connectivity index (χ3n) is 2.51. The number of aromatic nitrogens is 2. The van der Waals surface area contributed by atoms with E-state index in [-0.39, 0.29) is 6.23 Å². The molecule has 0 saturated carbocycles. The van der Waals surface area contributed by atoms with E-state index in [4.69, 9.17) is 9.94 Å². The third kappa shape index (κ3) is 2.56. The van der Waals surface area contributed by atoms with Crippen molar-refractivity contribution in [2.24, 2.45) is 5.16 Å². The van der Waals surface area contributed by atoms with Gasteiger partial charge in [0, 0.05) is 25.4 Å². The number of rotatable bonds is 3. The molecule has 0 aromatic carbocycles. The van der Waals surface area contributed by atoms with Crippen LogP contribution in [0.5, 0.6) is 0 Å². The van der Waals surface area contributed by atoms with Crippen molar-refractivity contribution >= 4 is 6.21 Å². The SMILES string of the molecule is O/N=C\Cc1cnn(C2CCCCO2)c1. The van der Waals surface area contributed by atoms with E-state index >= 15 is 0 Å². The standard InChI is InChI=1S/C10H15N3O2/c14-12-5-4-9-7-11-13(8-9)10-3-1-2-6-15-10/h5,7-8,10,14H,1-4,6H2/b12-5-. The Balaban J connectivity index is 1.98. The van der Waals surface area contributed by atoms with Crippen LogP contribution in [-0.2, 0) is 11.2 Å². The summed E-state index contributed by atoms with van der Waals surface area (Å²) >= 11 is 0. The Morgan fingerprint density at radius 3 is 3.33 bits per heavy atom. The lowest BCUT2D eigenvalue weighted by molar-refractivity contribution is -0.0395. The summed E-state index contributed by atoms with van der Waals surface area (Å²) in [7, 11) is 0. The summed E-state index contributed by atoms with van der Waals surface area (Å²) in [5, 5.41) is 15.5. The highest BCUT2D eigenvalue weighted by molar-refractivity contribution is 5.60. The van der Waals surface area contributed by atoms with Crippen LogP contribution in [-0.4, -0.2) is 27.8 Å². The van der Waals surface area contributed by atoms with E-state index in [1.165, 1.54) is 12.6 Å². The zero-order chi connectivity index (χ0) is 10.5. The van der Waals surface area contributed by atoms with Gasteiger partial charge in [0.1, 0.15) is 6.23 Å². The van der Waals surface area contributed by atoms with Crippen LogP contribution in [0, 0.1) is 0 Å². The van der Waals surface area contributed by atoms with E-state index in [0.717, 1.165) is 25.0 Å². The lowest BCUT2D eigenvalue weighted by Gasteiger charge is -2.22. The topological polar surface area (TPSA) is 59.6 Å². The first-order chi connectivity index (χ1) is 7.40. The monoisotopic (exact) mass is 209 g/mol. The molecular weight excluding hydrogens is 194 g/mol. The quantitative estimate of drug-likeness (QED) is 0.467. The summed E-state index contributed by atoms with van der Waals surface area (Å²) in [6, 6.07) is 0. The highest BCUT2D eigenvalue weighted by Gasteiger charge is 2.15. The molecule has 0 spiro atoms. The molecule has 5 nitrogen and oxygen atoms in total. The van der Waals surface area contributed by atoms with Gasteiger partial charge in [-0.3, -0.25) is 0 Å². The van der Waals surface area contributed by atoms with E-state index in [1.807, 2.05) is 10.9 Å². The van der Waals surface area contributed by atoms with E-state index in [0.29, 0.717) is 6.42 Å². The summed E-state index contributed by atoms with van der Waals surface area (Å²) in [5.41, 5.74) is 1.03. The lowest BCUT2D eigenvalue weighted by atomic mass is 10.2. The molecular formula is C10H15N3O2. The maximum absolute atomic E-state index is 8.30. The molecule has 5 heteroatoms. The molecule has 2 heterocycles. The summed E-state index contributed by atoms with van der Waals surface area (Å²) in [6.45, 7) is 0.817. The molecule has 0 bridgehead atoms. The molecule has 1 aliphatic rings. The van der Waals surface area contributed by atoms with Gasteiger partial charge in [-0.2, -0.15) is 5.10 Å². The van der Waals surface area contributed by atoms with E-state index < -0.39 is 0 Å². The minimum Gasteiger partial charge on any atom is -0.411 e. The molecule has 0 aliphatic carbocycles. The minimum absolute atomic E-state index is 0.0820. The zero-order valence-corrected chi connectivity index (χ0v) is 8.54. The van der Waals surface area contributed by atoms with Crippen molar-refractivity contribution < 1.29 is 9.94 Å². The van der Waals surface area contributed by atoms with Crippen LogP contribution in [0.25, 0.3) is 0 Å². The van der Waals surface area contributed by atoms with E-state index in [9.17, 15) is 0 Å². The van der Waals surface area contributed by atoms with Crippen LogP contribution < -0.4 is 0 Å². The molecule has 1 N–H and O–H groups in total. The number of hydrogen-bond acceptors (Lipinski definition) is 4. The molecule has 82 valence electrons. The van der Waals surface area contributed by atoms with Gasteiger partial charge in [-0.05, 0) is 24.8 Å². The van der Waals surface area contributed by atoms with Gasteiger partial charge in [0.2, 0.25) is 0 Å². The Labute approximate surface area is 88.3 Å². The Morgan fingerprint density at radius 2 is 2.60 bits per heavy atom. The van der Waals surface area contributed by atoms with Gasteiger partial charge >= 0.3 is 0 Å². The number of ether oxygens (including phenoxy) is 1. The molecule has 1 aromatic heterocycles. The second-order valence-corrected chi connectivity index (χ2v) is 3.65. The van der Waals surface area contributed by atoms with Crippen molar-refractivity contribution in [3.05, 3.63) is 18.0 Å². The fourth-order valence-corrected chi connectivity index (χ4v) is 1.72. The van der Waals surface area contributed by atoms with Crippen LogP contribution in [0.15, 0.2) is 17.5 Å². The van der Waals surface area contributed by atoms with Gasteiger partial charge in [0.05, 0.1) is 6.20 Å². The van der Waals surface area contributed by atoms with Gasteiger partial charge in [0.25, 0.3) is 0 Å². The summed E-state index contributed by atoms with van der Waals surface area (Å²) < 4.78 is 7.45. The molecule has 15 heavy (non-hydrogen) atoms. The van der Waals surface area contributed by atoms with E-state index in [2.05, 4.69) is 10.3 Å². The van der Waals surface area contributed by atoms with Crippen molar-refractivity contribution in [1.29, 1.82) is 0 Å². The Morgan fingerprint density at radius 1 is 1.67 bits per heavy atom. The molecule has 0 amide bonds. The molecule has 1 atom stereocenters. The molecule has 1 unspecified atom stereocenters. The molecule has 1 aromatic rings. The van der Waals surface area contributed by atoms with Crippen LogP contribution in [0.3, 0.4) is 0 Å². The smallest absolute Gasteiger partial charge is 0.150 e. The largest absolute Gasteiger partial charge is 0.411 e. The Kier molecular flexibility index (Phi) is 3.34. The van der Waals surface area contributed by atoms with Crippen molar-refractivity contribution in [3.8, 4) is 0 Å². The van der Waals surface area contributed by atoms with Crippen molar-refractivity contribution in [1.82, 2.24) is 9.78 Å². The van der Waals surface area contributed by atoms with Crippen molar-refractivity contribution in [2.45, 2.75) is 31.9 Å². The summed E-state index contributed by atoms with van der Waals surface area (Å²) in [5.74, 6) is 0. The Hall–Kier alpha value is -1.36. The zero-order valence-electron chi connectivity index (χ0n) is 8.54. The van der Waals surface area contributed by atoms with Crippen LogP contribution in [0.4, 0.5) is 0 Å². The minimum atomic E-state index is 0.0820. The molecule has 1 saturated heterocycles. The van der Waals surface area contributed by atoms with E-state index in [1.54, 1.807) is 6.20 Å². The van der Waals surface area contributed by atoms with Crippen LogP contribution in [0.2, 0.25) is 0 Å². The van der Waals surface area contributed by atoms with Crippen molar-refractivity contribution in [3.63, 3.8) is 0 Å². The Bertz CT molecular complexity index is 329. The molecule has 1 aliphatic heterocycles. The number of oxime groups is 1. The first-order valence-electron chi connectivity index (χ1n) is 5.20. The first-order valence-corrected chi connectivity index (χ1v) is 5.20. The van der Waals surface area contributed by atoms with Gasteiger partial charge in [-0.15, -0.1) is 5.16 Å².